The zero-order valence-corrected chi connectivity index (χ0v) is 9.01. The molecule has 0 aliphatic heterocycles. The molecule has 8 heteroatoms. The molecule has 0 fully saturated rings. The maximum absolute atomic E-state index is 10.6. The van der Waals surface area contributed by atoms with Gasteiger partial charge in [0.05, 0.1) is 4.92 Å². The van der Waals surface area contributed by atoms with Crippen molar-refractivity contribution < 1.29 is 14.8 Å². The lowest BCUT2D eigenvalue weighted by Crippen LogP contribution is -2.21. The highest BCUT2D eigenvalue weighted by Gasteiger charge is 2.16. The van der Waals surface area contributed by atoms with Crippen molar-refractivity contribution in [1.29, 1.82) is 0 Å². The highest BCUT2D eigenvalue weighted by atomic mass is 16.6. The largest absolute Gasteiger partial charge is 0.465 e. The van der Waals surface area contributed by atoms with E-state index >= 15 is 0 Å². The molecule has 1 aromatic rings. The van der Waals surface area contributed by atoms with Crippen LogP contribution < -0.4 is 5.32 Å². The van der Waals surface area contributed by atoms with Gasteiger partial charge >= 0.3 is 11.8 Å². The number of amides is 1. The first-order valence-corrected chi connectivity index (χ1v) is 4.64. The number of carbonyl (C=O) groups is 1. The summed E-state index contributed by atoms with van der Waals surface area (Å²) in [4.78, 5) is 20.2. The molecule has 0 saturated heterocycles. The van der Waals surface area contributed by atoms with Gasteiger partial charge in [0.25, 0.3) is 0 Å². The van der Waals surface area contributed by atoms with Crippen molar-refractivity contribution in [2.24, 2.45) is 7.05 Å². The summed E-state index contributed by atoms with van der Waals surface area (Å²) >= 11 is 0. The number of aryl methyl sites for hydroxylation is 1. The minimum absolute atomic E-state index is 0.161. The SMILES string of the molecule is Cn1ncc([N+](=O)[O-])c1C#CCCNC(=O)O. The lowest BCUT2D eigenvalue weighted by molar-refractivity contribution is -0.385. The first-order valence-electron chi connectivity index (χ1n) is 4.64. The van der Waals surface area contributed by atoms with Crippen LogP contribution in [0.2, 0.25) is 0 Å². The fourth-order valence-corrected chi connectivity index (χ4v) is 1.08. The molecule has 0 aromatic carbocycles. The van der Waals surface area contributed by atoms with Crippen molar-refractivity contribution in [1.82, 2.24) is 15.1 Å². The number of aromatic nitrogens is 2. The Morgan fingerprint density at radius 1 is 1.76 bits per heavy atom. The predicted molar refractivity (Wildman–Crippen MR) is 57.4 cm³/mol. The molecule has 0 unspecified atom stereocenters. The number of rotatable bonds is 3. The van der Waals surface area contributed by atoms with Gasteiger partial charge in [-0.15, -0.1) is 0 Å². The number of hydrogen-bond acceptors (Lipinski definition) is 4. The number of nitrogens with zero attached hydrogens (tertiary/aromatic N) is 3. The first kappa shape index (κ1) is 12.5. The van der Waals surface area contributed by atoms with Gasteiger partial charge < -0.3 is 10.4 Å². The summed E-state index contributed by atoms with van der Waals surface area (Å²) in [7, 11) is 1.55. The second kappa shape index (κ2) is 5.50. The van der Waals surface area contributed by atoms with Gasteiger partial charge in [-0.1, -0.05) is 5.92 Å². The van der Waals surface area contributed by atoms with E-state index in [0.29, 0.717) is 0 Å². The smallest absolute Gasteiger partial charge is 0.404 e. The third-order valence-corrected chi connectivity index (χ3v) is 1.85. The van der Waals surface area contributed by atoms with Gasteiger partial charge in [0.2, 0.25) is 0 Å². The molecule has 90 valence electrons. The van der Waals surface area contributed by atoms with Gasteiger partial charge in [-0.25, -0.2) is 4.79 Å². The summed E-state index contributed by atoms with van der Waals surface area (Å²) in [5.41, 5.74) is 0.0384. The maximum Gasteiger partial charge on any atom is 0.404 e. The second-order valence-corrected chi connectivity index (χ2v) is 3.04. The quantitative estimate of drug-likeness (QED) is 0.341. The van der Waals surface area contributed by atoms with Crippen LogP contribution in [0.4, 0.5) is 10.5 Å². The van der Waals surface area contributed by atoms with E-state index in [1.807, 2.05) is 0 Å². The second-order valence-electron chi connectivity index (χ2n) is 3.04. The third kappa shape index (κ3) is 3.49. The van der Waals surface area contributed by atoms with Crippen molar-refractivity contribution in [3.8, 4) is 11.8 Å². The number of carboxylic acid groups (broad SMARTS) is 1. The molecule has 0 spiro atoms. The minimum Gasteiger partial charge on any atom is -0.465 e. The topological polar surface area (TPSA) is 110 Å². The summed E-state index contributed by atoms with van der Waals surface area (Å²) in [5, 5.41) is 24.8. The van der Waals surface area contributed by atoms with E-state index in [1.54, 1.807) is 7.05 Å². The van der Waals surface area contributed by atoms with Gasteiger partial charge in [0.1, 0.15) is 6.20 Å². The van der Waals surface area contributed by atoms with E-state index in [4.69, 9.17) is 5.11 Å². The Labute approximate surface area is 96.4 Å². The molecule has 0 saturated carbocycles. The third-order valence-electron chi connectivity index (χ3n) is 1.85. The van der Waals surface area contributed by atoms with E-state index in [-0.39, 0.29) is 24.3 Å². The molecular weight excluding hydrogens is 228 g/mol. The summed E-state index contributed by atoms with van der Waals surface area (Å²) in [6.45, 7) is 0.175. The molecule has 8 nitrogen and oxygen atoms in total. The molecule has 0 aliphatic rings. The fraction of sp³-hybridized carbons (Fsp3) is 0.333. The lowest BCUT2D eigenvalue weighted by Gasteiger charge is -1.93. The molecule has 0 atom stereocenters. The van der Waals surface area contributed by atoms with E-state index < -0.39 is 11.0 Å². The van der Waals surface area contributed by atoms with Gasteiger partial charge in [-0.2, -0.15) is 5.10 Å². The number of hydrogen-bond donors (Lipinski definition) is 2. The normalized spacial score (nSPS) is 9.24. The van der Waals surface area contributed by atoms with E-state index in [0.717, 1.165) is 6.20 Å². The molecule has 0 bridgehead atoms. The molecular formula is C9H10N4O4. The van der Waals surface area contributed by atoms with Crippen molar-refractivity contribution >= 4 is 11.8 Å². The number of nitro groups is 1. The van der Waals surface area contributed by atoms with Gasteiger partial charge in [-0.3, -0.25) is 14.8 Å². The van der Waals surface area contributed by atoms with Crippen molar-refractivity contribution in [3.63, 3.8) is 0 Å². The van der Waals surface area contributed by atoms with Crippen molar-refractivity contribution in [2.45, 2.75) is 6.42 Å². The molecule has 2 N–H and O–H groups in total. The standard InChI is InChI=1S/C9H10N4O4/c1-12-7(8(6-11-12)13(16)17)4-2-3-5-10-9(14)15/h6,10H,3,5H2,1H3,(H,14,15). The van der Waals surface area contributed by atoms with Crippen LogP contribution in [0, 0.1) is 22.0 Å². The summed E-state index contributed by atoms with van der Waals surface area (Å²) in [5.74, 6) is 5.23. The zero-order chi connectivity index (χ0) is 12.8. The van der Waals surface area contributed by atoms with Crippen LogP contribution in [-0.4, -0.2) is 32.4 Å². The average Bonchev–Trinajstić information content (AvgIpc) is 2.59. The molecule has 0 aliphatic carbocycles. The molecule has 1 aromatic heterocycles. The van der Waals surface area contributed by atoms with E-state index in [1.165, 1.54) is 4.68 Å². The maximum atomic E-state index is 10.6. The lowest BCUT2D eigenvalue weighted by atomic mass is 10.3. The van der Waals surface area contributed by atoms with Crippen LogP contribution in [0.25, 0.3) is 0 Å². The Balaban J connectivity index is 2.68. The zero-order valence-electron chi connectivity index (χ0n) is 9.01. The fourth-order valence-electron chi connectivity index (χ4n) is 1.08. The monoisotopic (exact) mass is 238 g/mol. The Bertz CT molecular complexity index is 497. The van der Waals surface area contributed by atoms with Crippen LogP contribution in [0.5, 0.6) is 0 Å². The summed E-state index contributed by atoms with van der Waals surface area (Å²) in [6, 6.07) is 0. The summed E-state index contributed by atoms with van der Waals surface area (Å²) < 4.78 is 1.30. The molecule has 1 amide bonds. The highest BCUT2D eigenvalue weighted by Crippen LogP contribution is 2.14. The first-order chi connectivity index (χ1) is 8.02. The highest BCUT2D eigenvalue weighted by molar-refractivity contribution is 5.64. The van der Waals surface area contributed by atoms with E-state index in [9.17, 15) is 14.9 Å². The average molecular weight is 238 g/mol. The molecule has 1 rings (SSSR count). The molecule has 0 radical (unpaired) electrons. The van der Waals surface area contributed by atoms with Gasteiger partial charge in [-0.05, 0) is 5.92 Å². The number of nitrogens with one attached hydrogen (secondary N) is 1. The van der Waals surface area contributed by atoms with Crippen LogP contribution in [-0.2, 0) is 7.05 Å². The van der Waals surface area contributed by atoms with Crippen LogP contribution in [0.3, 0.4) is 0 Å². The Morgan fingerprint density at radius 3 is 3.06 bits per heavy atom. The van der Waals surface area contributed by atoms with Gasteiger partial charge in [0.15, 0.2) is 5.69 Å². The van der Waals surface area contributed by atoms with Crippen LogP contribution >= 0.6 is 0 Å². The predicted octanol–water partition coefficient (Wildman–Crippen LogP) is 0.337. The van der Waals surface area contributed by atoms with Crippen molar-refractivity contribution in [3.05, 3.63) is 22.0 Å². The van der Waals surface area contributed by atoms with E-state index in [2.05, 4.69) is 22.3 Å². The molecule has 17 heavy (non-hydrogen) atoms. The summed E-state index contributed by atoms with van der Waals surface area (Å²) in [6.07, 6.45) is 0.270. The van der Waals surface area contributed by atoms with Gasteiger partial charge in [0, 0.05) is 20.0 Å². The Kier molecular flexibility index (Phi) is 4.05. The van der Waals surface area contributed by atoms with Crippen LogP contribution in [0.1, 0.15) is 12.1 Å². The molecule has 1 heterocycles. The minimum atomic E-state index is -1.13. The Hall–Kier alpha value is -2.56. The van der Waals surface area contributed by atoms with Crippen LogP contribution in [0.15, 0.2) is 6.20 Å². The Morgan fingerprint density at radius 2 is 2.47 bits per heavy atom. The van der Waals surface area contributed by atoms with Crippen molar-refractivity contribution in [2.75, 3.05) is 6.54 Å².